The summed E-state index contributed by atoms with van der Waals surface area (Å²) < 4.78 is 1.80. The summed E-state index contributed by atoms with van der Waals surface area (Å²) in [6, 6.07) is 10.3. The lowest BCUT2D eigenvalue weighted by Crippen LogP contribution is -2.23. The van der Waals surface area contributed by atoms with E-state index >= 15 is 0 Å². The second-order valence-electron chi connectivity index (χ2n) is 3.71. The molecule has 0 fully saturated rings. The van der Waals surface area contributed by atoms with Crippen LogP contribution in [0.15, 0.2) is 30.3 Å². The molecular formula is C11H15N5. The van der Waals surface area contributed by atoms with E-state index in [2.05, 4.69) is 39.6 Å². The van der Waals surface area contributed by atoms with Gasteiger partial charge in [0.2, 0.25) is 0 Å². The molecule has 2 rings (SSSR count). The van der Waals surface area contributed by atoms with Crippen molar-refractivity contribution in [2.75, 3.05) is 18.5 Å². The molecule has 0 N–H and O–H groups in total. The van der Waals surface area contributed by atoms with Crippen molar-refractivity contribution in [3.8, 4) is 0 Å². The van der Waals surface area contributed by atoms with Crippen LogP contribution in [-0.2, 0) is 6.54 Å². The van der Waals surface area contributed by atoms with Gasteiger partial charge >= 0.3 is 0 Å². The standard InChI is InChI=1S/C11H15N5/c1-10-12-13-14-16(10)9-8-15(2)11-6-4-3-5-7-11/h3-7H,8-9H2,1-2H3. The summed E-state index contributed by atoms with van der Waals surface area (Å²) in [5, 5.41) is 11.4. The molecule has 1 aromatic heterocycles. The number of hydrogen-bond donors (Lipinski definition) is 0. The van der Waals surface area contributed by atoms with Crippen LogP contribution in [0.3, 0.4) is 0 Å². The Morgan fingerprint density at radius 1 is 1.25 bits per heavy atom. The van der Waals surface area contributed by atoms with Gasteiger partial charge in [-0.15, -0.1) is 5.10 Å². The summed E-state index contributed by atoms with van der Waals surface area (Å²) in [7, 11) is 2.06. The monoisotopic (exact) mass is 217 g/mol. The van der Waals surface area contributed by atoms with Gasteiger partial charge in [0.15, 0.2) is 0 Å². The van der Waals surface area contributed by atoms with Crippen molar-refractivity contribution in [1.82, 2.24) is 20.2 Å². The van der Waals surface area contributed by atoms with Crippen LogP contribution >= 0.6 is 0 Å². The topological polar surface area (TPSA) is 46.8 Å². The van der Waals surface area contributed by atoms with E-state index in [4.69, 9.17) is 0 Å². The lowest BCUT2D eigenvalue weighted by molar-refractivity contribution is 0.575. The Labute approximate surface area is 94.7 Å². The number of para-hydroxylation sites is 1. The largest absolute Gasteiger partial charge is 0.373 e. The number of rotatable bonds is 4. The third-order valence-electron chi connectivity index (χ3n) is 2.56. The van der Waals surface area contributed by atoms with Crippen LogP contribution in [0.25, 0.3) is 0 Å². The van der Waals surface area contributed by atoms with E-state index in [1.165, 1.54) is 5.69 Å². The van der Waals surface area contributed by atoms with Crippen LogP contribution in [0.4, 0.5) is 5.69 Å². The number of benzene rings is 1. The lowest BCUT2D eigenvalue weighted by atomic mass is 10.3. The quantitative estimate of drug-likeness (QED) is 0.770. The highest BCUT2D eigenvalue weighted by Gasteiger charge is 2.03. The van der Waals surface area contributed by atoms with E-state index in [9.17, 15) is 0 Å². The van der Waals surface area contributed by atoms with Gasteiger partial charge in [-0.05, 0) is 29.5 Å². The zero-order chi connectivity index (χ0) is 11.4. The molecule has 0 radical (unpaired) electrons. The van der Waals surface area contributed by atoms with E-state index in [0.29, 0.717) is 0 Å². The third kappa shape index (κ3) is 2.36. The molecule has 0 unspecified atom stereocenters. The average Bonchev–Trinajstić information content (AvgIpc) is 2.73. The number of tetrazole rings is 1. The molecule has 0 amide bonds. The number of nitrogens with zero attached hydrogens (tertiary/aromatic N) is 5. The van der Waals surface area contributed by atoms with Gasteiger partial charge in [-0.3, -0.25) is 0 Å². The van der Waals surface area contributed by atoms with Gasteiger partial charge in [-0.1, -0.05) is 18.2 Å². The van der Waals surface area contributed by atoms with E-state index in [1.54, 1.807) is 4.68 Å². The number of hydrogen-bond acceptors (Lipinski definition) is 4. The highest BCUT2D eigenvalue weighted by molar-refractivity contribution is 5.44. The maximum atomic E-state index is 3.91. The highest BCUT2D eigenvalue weighted by Crippen LogP contribution is 2.10. The Kier molecular flexibility index (Phi) is 3.14. The summed E-state index contributed by atoms with van der Waals surface area (Å²) in [5.74, 6) is 0.849. The van der Waals surface area contributed by atoms with Gasteiger partial charge in [0.25, 0.3) is 0 Å². The van der Waals surface area contributed by atoms with E-state index in [1.807, 2.05) is 25.1 Å². The lowest BCUT2D eigenvalue weighted by Gasteiger charge is -2.18. The van der Waals surface area contributed by atoms with Crippen molar-refractivity contribution in [2.24, 2.45) is 0 Å². The minimum absolute atomic E-state index is 0.796. The molecule has 16 heavy (non-hydrogen) atoms. The third-order valence-corrected chi connectivity index (χ3v) is 2.56. The van der Waals surface area contributed by atoms with Gasteiger partial charge < -0.3 is 4.90 Å². The Balaban J connectivity index is 1.94. The molecule has 5 heteroatoms. The van der Waals surface area contributed by atoms with E-state index in [-0.39, 0.29) is 0 Å². The van der Waals surface area contributed by atoms with E-state index in [0.717, 1.165) is 18.9 Å². The summed E-state index contributed by atoms with van der Waals surface area (Å²) in [5.41, 5.74) is 1.20. The number of aromatic nitrogens is 4. The average molecular weight is 217 g/mol. The fourth-order valence-corrected chi connectivity index (χ4v) is 1.51. The van der Waals surface area contributed by atoms with Crippen molar-refractivity contribution in [3.63, 3.8) is 0 Å². The Morgan fingerprint density at radius 3 is 2.62 bits per heavy atom. The van der Waals surface area contributed by atoms with Crippen molar-refractivity contribution in [1.29, 1.82) is 0 Å². The fourth-order valence-electron chi connectivity index (χ4n) is 1.51. The van der Waals surface area contributed by atoms with Crippen molar-refractivity contribution >= 4 is 5.69 Å². The van der Waals surface area contributed by atoms with E-state index < -0.39 is 0 Å². The maximum absolute atomic E-state index is 3.91. The van der Waals surface area contributed by atoms with Gasteiger partial charge in [-0.2, -0.15) is 0 Å². The summed E-state index contributed by atoms with van der Waals surface area (Å²) >= 11 is 0. The molecule has 0 spiro atoms. The predicted molar refractivity (Wildman–Crippen MR) is 62.3 cm³/mol. The first-order valence-electron chi connectivity index (χ1n) is 5.26. The van der Waals surface area contributed by atoms with Crippen LogP contribution in [0, 0.1) is 6.92 Å². The molecule has 2 aromatic rings. The molecule has 0 aliphatic carbocycles. The summed E-state index contributed by atoms with van der Waals surface area (Å²) in [6.45, 7) is 3.59. The van der Waals surface area contributed by atoms with Crippen molar-refractivity contribution in [2.45, 2.75) is 13.5 Å². The Bertz CT molecular complexity index is 437. The van der Waals surface area contributed by atoms with Crippen LogP contribution in [0.1, 0.15) is 5.82 Å². The molecule has 0 saturated heterocycles. The first kappa shape index (κ1) is 10.6. The maximum Gasteiger partial charge on any atom is 0.148 e. The SMILES string of the molecule is Cc1nnnn1CCN(C)c1ccccc1. The minimum atomic E-state index is 0.796. The smallest absolute Gasteiger partial charge is 0.148 e. The fraction of sp³-hybridized carbons (Fsp3) is 0.364. The molecule has 1 aromatic carbocycles. The Hall–Kier alpha value is -1.91. The molecule has 5 nitrogen and oxygen atoms in total. The Morgan fingerprint density at radius 2 is 2.00 bits per heavy atom. The first-order chi connectivity index (χ1) is 7.77. The van der Waals surface area contributed by atoms with Crippen LogP contribution in [-0.4, -0.2) is 33.8 Å². The number of likely N-dealkylation sites (N-methyl/N-ethyl adjacent to an activating group) is 1. The summed E-state index contributed by atoms with van der Waals surface area (Å²) in [4.78, 5) is 2.18. The first-order valence-corrected chi connectivity index (χ1v) is 5.26. The van der Waals surface area contributed by atoms with Gasteiger partial charge in [0.1, 0.15) is 5.82 Å². The number of anilines is 1. The van der Waals surface area contributed by atoms with Gasteiger partial charge in [0, 0.05) is 19.3 Å². The second kappa shape index (κ2) is 4.74. The predicted octanol–water partition coefficient (Wildman–Crippen LogP) is 1.12. The molecule has 0 saturated carbocycles. The minimum Gasteiger partial charge on any atom is -0.373 e. The second-order valence-corrected chi connectivity index (χ2v) is 3.71. The zero-order valence-corrected chi connectivity index (χ0v) is 9.54. The molecule has 0 aliphatic rings. The van der Waals surface area contributed by atoms with Crippen LogP contribution < -0.4 is 4.90 Å². The molecule has 0 bridgehead atoms. The number of aryl methyl sites for hydroxylation is 1. The molecule has 0 atom stereocenters. The molecular weight excluding hydrogens is 202 g/mol. The molecule has 1 heterocycles. The van der Waals surface area contributed by atoms with Crippen LogP contribution in [0.5, 0.6) is 0 Å². The van der Waals surface area contributed by atoms with Gasteiger partial charge in [0.05, 0.1) is 6.54 Å². The molecule has 0 aliphatic heterocycles. The summed E-state index contributed by atoms with van der Waals surface area (Å²) in [6.07, 6.45) is 0. The normalized spacial score (nSPS) is 10.4. The van der Waals surface area contributed by atoms with Crippen LogP contribution in [0.2, 0.25) is 0 Å². The molecule has 84 valence electrons. The zero-order valence-electron chi connectivity index (χ0n) is 9.54. The highest BCUT2D eigenvalue weighted by atomic mass is 15.5. The van der Waals surface area contributed by atoms with Crippen molar-refractivity contribution in [3.05, 3.63) is 36.2 Å². The van der Waals surface area contributed by atoms with Gasteiger partial charge in [-0.25, -0.2) is 4.68 Å². The van der Waals surface area contributed by atoms with Crippen molar-refractivity contribution < 1.29 is 0 Å².